The topological polar surface area (TPSA) is 33.1 Å². The van der Waals surface area contributed by atoms with Gasteiger partial charge in [0.25, 0.3) is 0 Å². The highest BCUT2D eigenvalue weighted by molar-refractivity contribution is 5.08. The first-order valence-corrected chi connectivity index (χ1v) is 6.32. The quantitative estimate of drug-likeness (QED) is 0.848. The van der Waals surface area contributed by atoms with Crippen LogP contribution in [0.5, 0.6) is 0 Å². The van der Waals surface area contributed by atoms with Gasteiger partial charge in [-0.05, 0) is 55.6 Å². The Bertz CT molecular complexity index is 312. The molecular weight excluding hydrogens is 198 g/mol. The molecule has 0 amide bonds. The van der Waals surface area contributed by atoms with Gasteiger partial charge in [-0.2, -0.15) is 0 Å². The number of hydrogen-bond acceptors (Lipinski definition) is 2. The Morgan fingerprint density at radius 3 is 3.06 bits per heavy atom. The van der Waals surface area contributed by atoms with Gasteiger partial charge in [0.1, 0.15) is 0 Å². The second-order valence-electron chi connectivity index (χ2n) is 5.15. The summed E-state index contributed by atoms with van der Waals surface area (Å²) < 4.78 is 0. The predicted octanol–water partition coefficient (Wildman–Crippen LogP) is 2.81. The number of rotatable bonds is 3. The molecule has 2 nitrogen and oxygen atoms in total. The van der Waals surface area contributed by atoms with Crippen molar-refractivity contribution in [3.05, 3.63) is 30.1 Å². The lowest BCUT2D eigenvalue weighted by molar-refractivity contribution is 0.0476. The van der Waals surface area contributed by atoms with E-state index < -0.39 is 0 Å². The number of aliphatic hydroxyl groups is 1. The van der Waals surface area contributed by atoms with Gasteiger partial charge in [-0.1, -0.05) is 13.0 Å². The Hall–Kier alpha value is -0.890. The van der Waals surface area contributed by atoms with Gasteiger partial charge in [0.05, 0.1) is 6.10 Å². The van der Waals surface area contributed by atoms with E-state index in [0.29, 0.717) is 5.92 Å². The van der Waals surface area contributed by atoms with Gasteiger partial charge in [-0.3, -0.25) is 4.98 Å². The third-order valence-electron chi connectivity index (χ3n) is 3.73. The molecule has 1 aromatic heterocycles. The zero-order chi connectivity index (χ0) is 11.4. The molecule has 0 bridgehead atoms. The molecule has 16 heavy (non-hydrogen) atoms. The zero-order valence-corrected chi connectivity index (χ0v) is 9.97. The van der Waals surface area contributed by atoms with Crippen LogP contribution in [0.4, 0.5) is 0 Å². The first-order chi connectivity index (χ1) is 7.75. The molecule has 0 aliphatic heterocycles. The molecule has 0 saturated heterocycles. The summed E-state index contributed by atoms with van der Waals surface area (Å²) in [6.07, 6.45) is 9.15. The first kappa shape index (κ1) is 11.6. The number of hydrogen-bond donors (Lipinski definition) is 1. The summed E-state index contributed by atoms with van der Waals surface area (Å²) in [5.74, 6) is 1.27. The molecule has 1 N–H and O–H groups in total. The lowest BCUT2D eigenvalue weighted by atomic mass is 9.78. The van der Waals surface area contributed by atoms with Gasteiger partial charge < -0.3 is 5.11 Å². The first-order valence-electron chi connectivity index (χ1n) is 6.32. The van der Waals surface area contributed by atoms with E-state index in [0.717, 1.165) is 25.2 Å². The summed E-state index contributed by atoms with van der Waals surface area (Å²) in [7, 11) is 0. The van der Waals surface area contributed by atoms with Gasteiger partial charge in [0.15, 0.2) is 0 Å². The SMILES string of the molecule is CC1CCC(O)C(CCc2cccnc2)C1. The molecule has 1 aromatic rings. The zero-order valence-electron chi connectivity index (χ0n) is 9.97. The van der Waals surface area contributed by atoms with Crippen molar-refractivity contribution in [2.45, 2.75) is 45.1 Å². The molecule has 0 radical (unpaired) electrons. The van der Waals surface area contributed by atoms with Crippen molar-refractivity contribution in [3.63, 3.8) is 0 Å². The summed E-state index contributed by atoms with van der Waals surface area (Å²) >= 11 is 0. The van der Waals surface area contributed by atoms with Crippen LogP contribution in [0, 0.1) is 11.8 Å². The highest BCUT2D eigenvalue weighted by Gasteiger charge is 2.26. The van der Waals surface area contributed by atoms with Gasteiger partial charge >= 0.3 is 0 Å². The predicted molar refractivity (Wildman–Crippen MR) is 65.1 cm³/mol. The van der Waals surface area contributed by atoms with E-state index in [2.05, 4.69) is 18.0 Å². The Kier molecular flexibility index (Phi) is 3.94. The second kappa shape index (κ2) is 5.44. The molecular formula is C14H21NO. The molecule has 1 heterocycles. The summed E-state index contributed by atoms with van der Waals surface area (Å²) in [4.78, 5) is 4.12. The van der Waals surface area contributed by atoms with E-state index in [1.165, 1.54) is 18.4 Å². The Balaban J connectivity index is 1.85. The summed E-state index contributed by atoms with van der Waals surface area (Å²) in [5.41, 5.74) is 1.29. The maximum atomic E-state index is 9.95. The summed E-state index contributed by atoms with van der Waals surface area (Å²) in [6, 6.07) is 4.10. The largest absolute Gasteiger partial charge is 0.393 e. The fourth-order valence-corrected chi connectivity index (χ4v) is 2.69. The lowest BCUT2D eigenvalue weighted by Gasteiger charge is -2.31. The van der Waals surface area contributed by atoms with E-state index in [1.54, 1.807) is 6.20 Å². The molecule has 1 aliphatic carbocycles. The number of aliphatic hydroxyl groups excluding tert-OH is 1. The van der Waals surface area contributed by atoms with Gasteiger partial charge in [-0.15, -0.1) is 0 Å². The molecule has 0 spiro atoms. The van der Waals surface area contributed by atoms with Crippen LogP contribution in [-0.4, -0.2) is 16.2 Å². The Morgan fingerprint density at radius 1 is 1.44 bits per heavy atom. The van der Waals surface area contributed by atoms with E-state index in [-0.39, 0.29) is 6.10 Å². The smallest absolute Gasteiger partial charge is 0.0568 e. The van der Waals surface area contributed by atoms with Gasteiger partial charge in [0, 0.05) is 12.4 Å². The Labute approximate surface area is 97.7 Å². The second-order valence-corrected chi connectivity index (χ2v) is 5.15. The molecule has 1 aliphatic rings. The number of aromatic nitrogens is 1. The highest BCUT2D eigenvalue weighted by atomic mass is 16.3. The van der Waals surface area contributed by atoms with Crippen molar-refractivity contribution in [2.24, 2.45) is 11.8 Å². The molecule has 88 valence electrons. The van der Waals surface area contributed by atoms with Crippen LogP contribution in [0.2, 0.25) is 0 Å². The van der Waals surface area contributed by atoms with E-state index >= 15 is 0 Å². The minimum atomic E-state index is -0.0760. The lowest BCUT2D eigenvalue weighted by Crippen LogP contribution is -2.28. The average Bonchev–Trinajstić information content (AvgIpc) is 2.32. The van der Waals surface area contributed by atoms with Crippen LogP contribution in [-0.2, 0) is 6.42 Å². The van der Waals surface area contributed by atoms with Crippen LogP contribution < -0.4 is 0 Å². The highest BCUT2D eigenvalue weighted by Crippen LogP contribution is 2.31. The monoisotopic (exact) mass is 219 g/mol. The molecule has 2 heteroatoms. The fourth-order valence-electron chi connectivity index (χ4n) is 2.69. The van der Waals surface area contributed by atoms with Crippen LogP contribution in [0.15, 0.2) is 24.5 Å². The maximum absolute atomic E-state index is 9.95. The molecule has 2 rings (SSSR count). The molecule has 3 unspecified atom stereocenters. The number of pyridine rings is 1. The van der Waals surface area contributed by atoms with E-state index in [9.17, 15) is 5.11 Å². The van der Waals surface area contributed by atoms with Crippen molar-refractivity contribution in [1.82, 2.24) is 4.98 Å². The number of nitrogens with zero attached hydrogens (tertiary/aromatic N) is 1. The molecule has 0 aromatic carbocycles. The normalized spacial score (nSPS) is 30.2. The van der Waals surface area contributed by atoms with Crippen molar-refractivity contribution in [2.75, 3.05) is 0 Å². The third kappa shape index (κ3) is 3.05. The minimum absolute atomic E-state index is 0.0760. The van der Waals surface area contributed by atoms with Crippen LogP contribution in [0.25, 0.3) is 0 Å². The standard InChI is InChI=1S/C14H21NO/c1-11-4-7-14(16)13(9-11)6-5-12-3-2-8-15-10-12/h2-3,8,10-11,13-14,16H,4-7,9H2,1H3. The van der Waals surface area contributed by atoms with Crippen molar-refractivity contribution in [1.29, 1.82) is 0 Å². The van der Waals surface area contributed by atoms with Crippen molar-refractivity contribution in [3.8, 4) is 0 Å². The van der Waals surface area contributed by atoms with Gasteiger partial charge in [-0.25, -0.2) is 0 Å². The third-order valence-corrected chi connectivity index (χ3v) is 3.73. The van der Waals surface area contributed by atoms with Crippen LogP contribution in [0.1, 0.15) is 38.2 Å². The minimum Gasteiger partial charge on any atom is -0.393 e. The van der Waals surface area contributed by atoms with Gasteiger partial charge in [0.2, 0.25) is 0 Å². The average molecular weight is 219 g/mol. The van der Waals surface area contributed by atoms with Crippen LogP contribution >= 0.6 is 0 Å². The fraction of sp³-hybridized carbons (Fsp3) is 0.643. The maximum Gasteiger partial charge on any atom is 0.0568 e. The van der Waals surface area contributed by atoms with E-state index in [4.69, 9.17) is 0 Å². The molecule has 1 saturated carbocycles. The molecule has 3 atom stereocenters. The Morgan fingerprint density at radius 2 is 2.31 bits per heavy atom. The van der Waals surface area contributed by atoms with Crippen LogP contribution in [0.3, 0.4) is 0 Å². The van der Waals surface area contributed by atoms with E-state index in [1.807, 2.05) is 12.3 Å². The molecule has 1 fully saturated rings. The summed E-state index contributed by atoms with van der Waals surface area (Å²) in [5, 5.41) is 9.95. The summed E-state index contributed by atoms with van der Waals surface area (Å²) in [6.45, 7) is 2.29. The van der Waals surface area contributed by atoms with Crippen molar-refractivity contribution < 1.29 is 5.11 Å². The number of aryl methyl sites for hydroxylation is 1. The van der Waals surface area contributed by atoms with Crippen molar-refractivity contribution >= 4 is 0 Å².